The maximum atomic E-state index is 12.2. The fourth-order valence-electron chi connectivity index (χ4n) is 2.78. The molecule has 134 valence electrons. The normalized spacial score (nSPS) is 10.4. The second kappa shape index (κ2) is 7.83. The highest BCUT2D eigenvalue weighted by Gasteiger charge is 2.14. The van der Waals surface area contributed by atoms with Crippen LogP contribution in [0.15, 0.2) is 18.2 Å². The van der Waals surface area contributed by atoms with E-state index in [0.717, 1.165) is 29.1 Å². The molecule has 0 aliphatic rings. The second-order valence-corrected chi connectivity index (χ2v) is 5.83. The second-order valence-electron chi connectivity index (χ2n) is 5.83. The highest BCUT2D eigenvalue weighted by Crippen LogP contribution is 2.19. The maximum absolute atomic E-state index is 12.2. The minimum atomic E-state index is -0.319. The molecule has 7 heteroatoms. The van der Waals surface area contributed by atoms with Crippen LogP contribution in [0.5, 0.6) is 0 Å². The number of amides is 3. The third kappa shape index (κ3) is 3.99. The van der Waals surface area contributed by atoms with Crippen molar-refractivity contribution >= 4 is 17.6 Å². The first-order valence-corrected chi connectivity index (χ1v) is 8.28. The Morgan fingerprint density at radius 2 is 1.92 bits per heavy atom. The lowest BCUT2D eigenvalue weighted by Gasteiger charge is -2.12. The van der Waals surface area contributed by atoms with E-state index in [1.165, 1.54) is 0 Å². The van der Waals surface area contributed by atoms with Gasteiger partial charge in [-0.25, -0.2) is 4.79 Å². The molecule has 25 heavy (non-hydrogen) atoms. The molecule has 0 spiro atoms. The summed E-state index contributed by atoms with van der Waals surface area (Å²) in [6.45, 7) is 8.97. The van der Waals surface area contributed by atoms with Crippen molar-refractivity contribution in [1.29, 1.82) is 0 Å². The number of nitrogens with zero attached hydrogens (tertiary/aromatic N) is 2. The number of nitrogens with one attached hydrogen (secondary N) is 3. The van der Waals surface area contributed by atoms with Crippen LogP contribution in [0, 0.1) is 20.8 Å². The fraction of sp³-hybridized carbons (Fsp3) is 0.389. The molecule has 0 bridgehead atoms. The van der Waals surface area contributed by atoms with Crippen LogP contribution < -0.4 is 16.0 Å². The molecule has 0 unspecified atom stereocenters. The third-order valence-corrected chi connectivity index (χ3v) is 4.31. The first kappa shape index (κ1) is 18.5. The van der Waals surface area contributed by atoms with E-state index in [9.17, 15) is 9.59 Å². The molecule has 0 aliphatic carbocycles. The molecule has 1 aromatic carbocycles. The number of rotatable bonds is 5. The van der Waals surface area contributed by atoms with E-state index in [-0.39, 0.29) is 11.9 Å². The number of benzene rings is 1. The van der Waals surface area contributed by atoms with E-state index in [0.29, 0.717) is 17.8 Å². The third-order valence-electron chi connectivity index (χ3n) is 4.31. The van der Waals surface area contributed by atoms with Crippen molar-refractivity contribution in [3.8, 4) is 0 Å². The van der Waals surface area contributed by atoms with Crippen LogP contribution in [0.3, 0.4) is 0 Å². The van der Waals surface area contributed by atoms with Gasteiger partial charge in [0.15, 0.2) is 0 Å². The molecule has 0 atom stereocenters. The van der Waals surface area contributed by atoms with Crippen molar-refractivity contribution in [2.24, 2.45) is 0 Å². The minimum Gasteiger partial charge on any atom is -0.355 e. The molecule has 0 radical (unpaired) electrons. The van der Waals surface area contributed by atoms with E-state index in [4.69, 9.17) is 0 Å². The van der Waals surface area contributed by atoms with Gasteiger partial charge in [-0.15, -0.1) is 0 Å². The summed E-state index contributed by atoms with van der Waals surface area (Å²) in [6, 6.07) is 4.92. The van der Waals surface area contributed by atoms with Crippen molar-refractivity contribution in [3.05, 3.63) is 46.3 Å². The summed E-state index contributed by atoms with van der Waals surface area (Å²) in [5, 5.41) is 12.7. The summed E-state index contributed by atoms with van der Waals surface area (Å²) in [6.07, 6.45) is 0. The summed E-state index contributed by atoms with van der Waals surface area (Å²) in [5.74, 6) is -0.181. The molecule has 1 heterocycles. The summed E-state index contributed by atoms with van der Waals surface area (Å²) >= 11 is 0. The first-order valence-electron chi connectivity index (χ1n) is 8.28. The van der Waals surface area contributed by atoms with Gasteiger partial charge in [0.2, 0.25) is 0 Å². The predicted octanol–water partition coefficient (Wildman–Crippen LogP) is 2.51. The predicted molar refractivity (Wildman–Crippen MR) is 97.8 cm³/mol. The minimum absolute atomic E-state index is 0.181. The lowest BCUT2D eigenvalue weighted by Crippen LogP contribution is -2.29. The van der Waals surface area contributed by atoms with Crippen LogP contribution in [0.1, 0.15) is 39.8 Å². The van der Waals surface area contributed by atoms with Gasteiger partial charge in [0.1, 0.15) is 0 Å². The molecule has 0 saturated heterocycles. The molecule has 3 amide bonds. The van der Waals surface area contributed by atoms with Gasteiger partial charge < -0.3 is 16.0 Å². The van der Waals surface area contributed by atoms with Crippen molar-refractivity contribution in [3.63, 3.8) is 0 Å². The number of hydrogen-bond acceptors (Lipinski definition) is 3. The van der Waals surface area contributed by atoms with Crippen molar-refractivity contribution in [1.82, 2.24) is 20.4 Å². The molecule has 0 aliphatic heterocycles. The van der Waals surface area contributed by atoms with E-state index in [1.807, 2.05) is 25.5 Å². The summed E-state index contributed by atoms with van der Waals surface area (Å²) in [5.41, 5.74) is 4.86. The number of carbonyl (C=O) groups is 2. The highest BCUT2D eigenvalue weighted by atomic mass is 16.2. The zero-order valence-corrected chi connectivity index (χ0v) is 15.4. The Morgan fingerprint density at radius 1 is 1.20 bits per heavy atom. The van der Waals surface area contributed by atoms with Crippen LogP contribution in [0.2, 0.25) is 0 Å². The van der Waals surface area contributed by atoms with Crippen LogP contribution in [-0.4, -0.2) is 28.8 Å². The Kier molecular flexibility index (Phi) is 5.80. The number of anilines is 1. The van der Waals surface area contributed by atoms with Gasteiger partial charge in [-0.1, -0.05) is 6.07 Å². The zero-order chi connectivity index (χ0) is 18.6. The SMILES string of the molecule is CCn1nc(C)c(CNC(=O)Nc2cccc(C(=O)NC)c2C)c1C. The number of carbonyl (C=O) groups excluding carboxylic acids is 2. The molecule has 0 saturated carbocycles. The summed E-state index contributed by atoms with van der Waals surface area (Å²) in [7, 11) is 1.58. The molecular formula is C18H25N5O2. The lowest BCUT2D eigenvalue weighted by atomic mass is 10.1. The average molecular weight is 343 g/mol. The fourth-order valence-corrected chi connectivity index (χ4v) is 2.78. The van der Waals surface area contributed by atoms with E-state index >= 15 is 0 Å². The Morgan fingerprint density at radius 3 is 2.52 bits per heavy atom. The van der Waals surface area contributed by atoms with Gasteiger partial charge in [-0.2, -0.15) is 5.10 Å². The largest absolute Gasteiger partial charge is 0.355 e. The van der Waals surface area contributed by atoms with Crippen LogP contribution in [-0.2, 0) is 13.1 Å². The summed E-state index contributed by atoms with van der Waals surface area (Å²) in [4.78, 5) is 24.1. The zero-order valence-electron chi connectivity index (χ0n) is 15.4. The monoisotopic (exact) mass is 343 g/mol. The van der Waals surface area contributed by atoms with Gasteiger partial charge in [-0.05, 0) is 45.4 Å². The average Bonchev–Trinajstić information content (AvgIpc) is 2.87. The molecule has 2 rings (SSSR count). The number of aromatic nitrogens is 2. The Hall–Kier alpha value is -2.83. The van der Waals surface area contributed by atoms with Crippen LogP contribution >= 0.6 is 0 Å². The maximum Gasteiger partial charge on any atom is 0.319 e. The molecule has 0 fully saturated rings. The molecule has 2 aromatic rings. The van der Waals surface area contributed by atoms with Gasteiger partial charge in [0, 0.05) is 42.6 Å². The molecule has 1 aromatic heterocycles. The molecular weight excluding hydrogens is 318 g/mol. The first-order chi connectivity index (χ1) is 11.9. The molecule has 3 N–H and O–H groups in total. The summed E-state index contributed by atoms with van der Waals surface area (Å²) < 4.78 is 1.92. The van der Waals surface area contributed by atoms with E-state index in [2.05, 4.69) is 21.0 Å². The van der Waals surface area contributed by atoms with Crippen molar-refractivity contribution in [2.75, 3.05) is 12.4 Å². The highest BCUT2D eigenvalue weighted by molar-refractivity contribution is 5.98. The Labute approximate surface area is 147 Å². The van der Waals surface area contributed by atoms with E-state index in [1.54, 1.807) is 32.2 Å². The Balaban J connectivity index is 2.07. The number of hydrogen-bond donors (Lipinski definition) is 3. The van der Waals surface area contributed by atoms with Crippen molar-refractivity contribution in [2.45, 2.75) is 40.8 Å². The van der Waals surface area contributed by atoms with Crippen molar-refractivity contribution < 1.29 is 9.59 Å². The standard InChI is InChI=1S/C18H25N5O2/c1-6-23-13(4)15(12(3)22-23)10-20-18(25)21-16-9-7-8-14(11(16)2)17(24)19-5/h7-9H,6,10H2,1-5H3,(H,19,24)(H2,20,21,25). The topological polar surface area (TPSA) is 88.1 Å². The Bertz CT molecular complexity index is 795. The van der Waals surface area contributed by atoms with Crippen LogP contribution in [0.25, 0.3) is 0 Å². The van der Waals surface area contributed by atoms with Gasteiger partial charge >= 0.3 is 6.03 Å². The van der Waals surface area contributed by atoms with Gasteiger partial charge in [0.05, 0.1) is 5.69 Å². The van der Waals surface area contributed by atoms with Gasteiger partial charge in [-0.3, -0.25) is 9.48 Å². The van der Waals surface area contributed by atoms with Gasteiger partial charge in [0.25, 0.3) is 5.91 Å². The quantitative estimate of drug-likeness (QED) is 0.779. The lowest BCUT2D eigenvalue weighted by molar-refractivity contribution is 0.0962. The number of urea groups is 1. The van der Waals surface area contributed by atoms with E-state index < -0.39 is 0 Å². The molecule has 7 nitrogen and oxygen atoms in total. The smallest absolute Gasteiger partial charge is 0.319 e. The number of aryl methyl sites for hydroxylation is 2. The van der Waals surface area contributed by atoms with Crippen LogP contribution in [0.4, 0.5) is 10.5 Å².